The van der Waals surface area contributed by atoms with Gasteiger partial charge in [-0.2, -0.15) is 0 Å². The number of halogens is 1. The van der Waals surface area contributed by atoms with Gasteiger partial charge in [-0.05, 0) is 48.7 Å². The van der Waals surface area contributed by atoms with Crippen LogP contribution in [0.5, 0.6) is 0 Å². The Morgan fingerprint density at radius 1 is 1.25 bits per heavy atom. The highest BCUT2D eigenvalue weighted by Gasteiger charge is 2.27. The molecule has 1 aliphatic rings. The minimum absolute atomic E-state index is 0.310. The molecule has 1 aromatic heterocycles. The summed E-state index contributed by atoms with van der Waals surface area (Å²) < 4.78 is 5.64. The van der Waals surface area contributed by atoms with Crippen LogP contribution in [-0.4, -0.2) is 40.8 Å². The van der Waals surface area contributed by atoms with E-state index >= 15 is 0 Å². The van der Waals surface area contributed by atoms with E-state index in [1.165, 1.54) is 5.56 Å². The van der Waals surface area contributed by atoms with Gasteiger partial charge in [-0.25, -0.2) is 0 Å². The SMILES string of the molecule is OC(COCc1ccccc1Cl)CN1CCCC1c1ccncc1. The van der Waals surface area contributed by atoms with Crippen LogP contribution in [0.3, 0.4) is 0 Å². The van der Waals surface area contributed by atoms with Crippen LogP contribution >= 0.6 is 11.6 Å². The number of aliphatic hydroxyl groups is 1. The second-order valence-corrected chi connectivity index (χ2v) is 6.60. The largest absolute Gasteiger partial charge is 0.389 e. The molecule has 0 saturated carbocycles. The van der Waals surface area contributed by atoms with E-state index in [0.29, 0.717) is 30.8 Å². The summed E-state index contributed by atoms with van der Waals surface area (Å²) in [4.78, 5) is 6.41. The van der Waals surface area contributed by atoms with Gasteiger partial charge < -0.3 is 9.84 Å². The first-order valence-corrected chi connectivity index (χ1v) is 8.75. The molecule has 2 unspecified atom stereocenters. The Hall–Kier alpha value is -1.46. The van der Waals surface area contributed by atoms with Gasteiger partial charge in [-0.3, -0.25) is 9.88 Å². The molecule has 0 aliphatic carbocycles. The molecule has 0 amide bonds. The lowest BCUT2D eigenvalue weighted by atomic mass is 10.1. The number of benzene rings is 1. The van der Waals surface area contributed by atoms with Gasteiger partial charge in [0.05, 0.1) is 19.3 Å². The molecular weight excluding hydrogens is 324 g/mol. The minimum atomic E-state index is -0.505. The van der Waals surface area contributed by atoms with Crippen molar-refractivity contribution in [2.45, 2.75) is 31.6 Å². The summed E-state index contributed by atoms with van der Waals surface area (Å²) >= 11 is 6.11. The summed E-state index contributed by atoms with van der Waals surface area (Å²) in [5, 5.41) is 11.0. The number of rotatable bonds is 7. The fourth-order valence-electron chi connectivity index (χ4n) is 3.25. The maximum absolute atomic E-state index is 10.3. The Morgan fingerprint density at radius 3 is 2.83 bits per heavy atom. The summed E-state index contributed by atoms with van der Waals surface area (Å²) in [6, 6.07) is 12.1. The zero-order valence-electron chi connectivity index (χ0n) is 13.6. The Labute approximate surface area is 148 Å². The predicted molar refractivity (Wildman–Crippen MR) is 94.9 cm³/mol. The van der Waals surface area contributed by atoms with E-state index in [9.17, 15) is 5.11 Å². The van der Waals surface area contributed by atoms with Gasteiger partial charge in [0.25, 0.3) is 0 Å². The van der Waals surface area contributed by atoms with Gasteiger partial charge in [0.2, 0.25) is 0 Å². The summed E-state index contributed by atoms with van der Waals surface area (Å²) in [6.07, 6.45) is 5.43. The van der Waals surface area contributed by atoms with Crippen LogP contribution in [0.25, 0.3) is 0 Å². The third kappa shape index (κ3) is 4.54. The lowest BCUT2D eigenvalue weighted by Crippen LogP contribution is -2.34. The van der Waals surface area contributed by atoms with E-state index in [4.69, 9.17) is 16.3 Å². The third-order valence-electron chi connectivity index (χ3n) is 4.43. The number of nitrogens with zero attached hydrogens (tertiary/aromatic N) is 2. The Morgan fingerprint density at radius 2 is 2.04 bits per heavy atom. The number of pyridine rings is 1. The fraction of sp³-hybridized carbons (Fsp3) is 0.421. The zero-order valence-corrected chi connectivity index (χ0v) is 14.4. The number of likely N-dealkylation sites (tertiary alicyclic amines) is 1. The number of aliphatic hydroxyl groups excluding tert-OH is 1. The molecule has 5 heteroatoms. The number of aromatic nitrogens is 1. The maximum Gasteiger partial charge on any atom is 0.0900 e. The molecule has 2 aromatic rings. The molecule has 0 radical (unpaired) electrons. The summed E-state index contributed by atoms with van der Waals surface area (Å²) in [5.41, 5.74) is 2.22. The summed E-state index contributed by atoms with van der Waals surface area (Å²) in [5.74, 6) is 0. The lowest BCUT2D eigenvalue weighted by molar-refractivity contribution is 0.00773. The van der Waals surface area contributed by atoms with Crippen molar-refractivity contribution in [2.24, 2.45) is 0 Å². The number of ether oxygens (including phenoxy) is 1. The number of β-amino-alcohol motifs (C(OH)–C–C–N with tert-alkyl or cyclic N) is 1. The molecule has 2 atom stereocenters. The average Bonchev–Trinajstić information content (AvgIpc) is 3.05. The van der Waals surface area contributed by atoms with Crippen molar-refractivity contribution < 1.29 is 9.84 Å². The van der Waals surface area contributed by atoms with E-state index < -0.39 is 6.10 Å². The summed E-state index contributed by atoms with van der Waals surface area (Å²) in [7, 11) is 0. The smallest absolute Gasteiger partial charge is 0.0900 e. The van der Waals surface area contributed by atoms with Crippen molar-refractivity contribution in [3.05, 3.63) is 64.9 Å². The van der Waals surface area contributed by atoms with Crippen LogP contribution < -0.4 is 0 Å². The Balaban J connectivity index is 1.48. The molecule has 1 fully saturated rings. The highest BCUT2D eigenvalue weighted by atomic mass is 35.5. The quantitative estimate of drug-likeness (QED) is 0.834. The molecule has 2 heterocycles. The minimum Gasteiger partial charge on any atom is -0.389 e. The zero-order chi connectivity index (χ0) is 16.8. The van der Waals surface area contributed by atoms with Crippen molar-refractivity contribution >= 4 is 11.6 Å². The van der Waals surface area contributed by atoms with Gasteiger partial charge in [0.1, 0.15) is 0 Å². The second-order valence-electron chi connectivity index (χ2n) is 6.19. The van der Waals surface area contributed by atoms with Crippen LogP contribution in [0.4, 0.5) is 0 Å². The van der Waals surface area contributed by atoms with Crippen LogP contribution in [0.15, 0.2) is 48.8 Å². The molecule has 4 nitrogen and oxygen atoms in total. The number of hydrogen-bond acceptors (Lipinski definition) is 4. The molecule has 0 bridgehead atoms. The van der Waals surface area contributed by atoms with Gasteiger partial charge >= 0.3 is 0 Å². The maximum atomic E-state index is 10.3. The molecule has 1 aliphatic heterocycles. The molecule has 24 heavy (non-hydrogen) atoms. The fourth-order valence-corrected chi connectivity index (χ4v) is 3.44. The van der Waals surface area contributed by atoms with Crippen LogP contribution in [0.2, 0.25) is 5.02 Å². The standard InChI is InChI=1S/C19H23ClN2O2/c20-18-5-2-1-4-16(18)13-24-14-17(23)12-22-11-3-6-19(22)15-7-9-21-10-8-15/h1-2,4-5,7-10,17,19,23H,3,6,11-14H2. The van der Waals surface area contributed by atoms with E-state index in [1.807, 2.05) is 36.7 Å². The average molecular weight is 347 g/mol. The monoisotopic (exact) mass is 346 g/mol. The van der Waals surface area contributed by atoms with E-state index in [2.05, 4.69) is 22.0 Å². The van der Waals surface area contributed by atoms with Crippen molar-refractivity contribution in [3.8, 4) is 0 Å². The Kier molecular flexibility index (Phi) is 6.21. The number of hydrogen-bond donors (Lipinski definition) is 1. The van der Waals surface area contributed by atoms with Crippen LogP contribution in [-0.2, 0) is 11.3 Å². The normalized spacial score (nSPS) is 19.5. The molecule has 1 aromatic carbocycles. The highest BCUT2D eigenvalue weighted by Crippen LogP contribution is 2.31. The Bertz CT molecular complexity index is 638. The molecule has 0 spiro atoms. The van der Waals surface area contributed by atoms with Crippen molar-refractivity contribution in [1.29, 1.82) is 0 Å². The second kappa shape index (κ2) is 8.58. The molecule has 1 N–H and O–H groups in total. The van der Waals surface area contributed by atoms with Gasteiger partial charge in [0, 0.05) is 30.0 Å². The van der Waals surface area contributed by atoms with Gasteiger partial charge in [0.15, 0.2) is 0 Å². The van der Waals surface area contributed by atoms with Gasteiger partial charge in [-0.15, -0.1) is 0 Å². The third-order valence-corrected chi connectivity index (χ3v) is 4.79. The van der Waals surface area contributed by atoms with Gasteiger partial charge in [-0.1, -0.05) is 29.8 Å². The van der Waals surface area contributed by atoms with Crippen LogP contribution in [0, 0.1) is 0 Å². The first-order chi connectivity index (χ1) is 11.7. The summed E-state index contributed by atoms with van der Waals surface area (Å²) in [6.45, 7) is 2.36. The van der Waals surface area contributed by atoms with Crippen molar-refractivity contribution in [2.75, 3.05) is 19.7 Å². The molecule has 128 valence electrons. The highest BCUT2D eigenvalue weighted by molar-refractivity contribution is 6.31. The first kappa shape index (κ1) is 17.4. The molecular formula is C19H23ClN2O2. The van der Waals surface area contributed by atoms with Crippen molar-refractivity contribution in [3.63, 3.8) is 0 Å². The van der Waals surface area contributed by atoms with Crippen molar-refractivity contribution in [1.82, 2.24) is 9.88 Å². The molecule has 3 rings (SSSR count). The van der Waals surface area contributed by atoms with Crippen LogP contribution in [0.1, 0.15) is 30.0 Å². The van der Waals surface area contributed by atoms with E-state index in [-0.39, 0.29) is 0 Å². The molecule has 1 saturated heterocycles. The van der Waals surface area contributed by atoms with E-state index in [1.54, 1.807) is 0 Å². The predicted octanol–water partition coefficient (Wildman–Crippen LogP) is 3.45. The van der Waals surface area contributed by atoms with E-state index in [0.717, 1.165) is 24.9 Å². The lowest BCUT2D eigenvalue weighted by Gasteiger charge is -2.27. The topological polar surface area (TPSA) is 45.6 Å². The first-order valence-electron chi connectivity index (χ1n) is 8.37.